The molecule has 0 bridgehead atoms. The standard InChI is InChI=1S/C14H13N3O4/c1-20-14(19)11-6-9(15)7-17-13(11)21-10-4-2-8(3-5-10)12(16)18/h2-7H,15H2,1H3,(H2,16,18). The first-order valence-corrected chi connectivity index (χ1v) is 5.93. The summed E-state index contributed by atoms with van der Waals surface area (Å²) in [5.41, 5.74) is 11.5. The number of nitrogen functional groups attached to an aromatic ring is 1. The van der Waals surface area contributed by atoms with Gasteiger partial charge in [0.05, 0.1) is 19.0 Å². The van der Waals surface area contributed by atoms with Crippen LogP contribution >= 0.6 is 0 Å². The van der Waals surface area contributed by atoms with Crippen molar-refractivity contribution in [2.24, 2.45) is 5.73 Å². The van der Waals surface area contributed by atoms with Gasteiger partial charge in [-0.15, -0.1) is 0 Å². The molecule has 21 heavy (non-hydrogen) atoms. The predicted octanol–water partition coefficient (Wildman–Crippen LogP) is 1.34. The lowest BCUT2D eigenvalue weighted by Crippen LogP contribution is -2.10. The summed E-state index contributed by atoms with van der Waals surface area (Å²) in [6.45, 7) is 0. The fourth-order valence-corrected chi connectivity index (χ4v) is 1.60. The molecule has 0 atom stereocenters. The highest BCUT2D eigenvalue weighted by molar-refractivity contribution is 5.93. The smallest absolute Gasteiger partial charge is 0.343 e. The van der Waals surface area contributed by atoms with Gasteiger partial charge >= 0.3 is 5.97 Å². The Hall–Kier alpha value is -3.09. The molecule has 2 rings (SSSR count). The number of primary amides is 1. The van der Waals surface area contributed by atoms with Gasteiger partial charge < -0.3 is 20.9 Å². The molecule has 0 fully saturated rings. The third kappa shape index (κ3) is 3.27. The highest BCUT2D eigenvalue weighted by Crippen LogP contribution is 2.25. The Morgan fingerprint density at radius 2 is 1.86 bits per heavy atom. The second-order valence-electron chi connectivity index (χ2n) is 4.10. The quantitative estimate of drug-likeness (QED) is 0.819. The first-order chi connectivity index (χ1) is 10.0. The number of ether oxygens (including phenoxy) is 2. The number of pyridine rings is 1. The lowest BCUT2D eigenvalue weighted by Gasteiger charge is -2.09. The van der Waals surface area contributed by atoms with Crippen LogP contribution in [0.3, 0.4) is 0 Å². The molecule has 1 aromatic carbocycles. The lowest BCUT2D eigenvalue weighted by molar-refractivity contribution is 0.0597. The highest BCUT2D eigenvalue weighted by Gasteiger charge is 2.16. The second-order valence-corrected chi connectivity index (χ2v) is 4.10. The van der Waals surface area contributed by atoms with E-state index in [1.54, 1.807) is 12.1 Å². The van der Waals surface area contributed by atoms with Crippen LogP contribution in [0.15, 0.2) is 36.5 Å². The van der Waals surface area contributed by atoms with Crippen molar-refractivity contribution < 1.29 is 19.1 Å². The fraction of sp³-hybridized carbons (Fsp3) is 0.0714. The van der Waals surface area contributed by atoms with Crippen LogP contribution in [0.1, 0.15) is 20.7 Å². The maximum absolute atomic E-state index is 11.7. The SMILES string of the molecule is COC(=O)c1cc(N)cnc1Oc1ccc(C(N)=O)cc1. The Morgan fingerprint density at radius 3 is 2.43 bits per heavy atom. The van der Waals surface area contributed by atoms with Crippen molar-refractivity contribution in [3.63, 3.8) is 0 Å². The summed E-state index contributed by atoms with van der Waals surface area (Å²) in [5.74, 6) is -0.703. The zero-order valence-electron chi connectivity index (χ0n) is 11.2. The molecule has 1 aromatic heterocycles. The Kier molecular flexibility index (Phi) is 4.03. The highest BCUT2D eigenvalue weighted by atomic mass is 16.5. The number of nitrogens with zero attached hydrogens (tertiary/aromatic N) is 1. The van der Waals surface area contributed by atoms with Crippen LogP contribution in [0.4, 0.5) is 5.69 Å². The number of methoxy groups -OCH3 is 1. The predicted molar refractivity (Wildman–Crippen MR) is 75.0 cm³/mol. The molecule has 1 heterocycles. The van der Waals surface area contributed by atoms with Gasteiger partial charge in [-0.2, -0.15) is 0 Å². The number of aromatic nitrogens is 1. The number of benzene rings is 1. The average Bonchev–Trinajstić information content (AvgIpc) is 2.48. The molecule has 4 N–H and O–H groups in total. The van der Waals surface area contributed by atoms with Gasteiger partial charge in [0, 0.05) is 5.56 Å². The van der Waals surface area contributed by atoms with Crippen molar-refractivity contribution in [3.05, 3.63) is 47.7 Å². The summed E-state index contributed by atoms with van der Waals surface area (Å²) in [6, 6.07) is 7.50. The lowest BCUT2D eigenvalue weighted by atomic mass is 10.2. The van der Waals surface area contributed by atoms with Crippen LogP contribution in [-0.4, -0.2) is 24.0 Å². The minimum absolute atomic E-state index is 0.0582. The summed E-state index contributed by atoms with van der Waals surface area (Å²) in [5, 5.41) is 0. The van der Waals surface area contributed by atoms with Crippen LogP contribution in [0.25, 0.3) is 0 Å². The van der Waals surface area contributed by atoms with Crippen molar-refractivity contribution in [3.8, 4) is 11.6 Å². The van der Waals surface area contributed by atoms with E-state index in [-0.39, 0.29) is 11.4 Å². The number of carbonyl (C=O) groups is 2. The van der Waals surface area contributed by atoms with Gasteiger partial charge in [-0.1, -0.05) is 0 Å². The number of amides is 1. The molecule has 0 aliphatic heterocycles. The summed E-state index contributed by atoms with van der Waals surface area (Å²) >= 11 is 0. The normalized spacial score (nSPS) is 9.95. The Balaban J connectivity index is 2.30. The monoisotopic (exact) mass is 287 g/mol. The van der Waals surface area contributed by atoms with E-state index in [2.05, 4.69) is 9.72 Å². The summed E-state index contributed by atoms with van der Waals surface area (Å²) in [7, 11) is 1.25. The van der Waals surface area contributed by atoms with Crippen LogP contribution in [-0.2, 0) is 4.74 Å². The summed E-state index contributed by atoms with van der Waals surface area (Å²) in [6.07, 6.45) is 1.36. The van der Waals surface area contributed by atoms with Gasteiger partial charge in [0.25, 0.3) is 0 Å². The van der Waals surface area contributed by atoms with Gasteiger partial charge in [-0.25, -0.2) is 9.78 Å². The Labute approximate surface area is 120 Å². The zero-order chi connectivity index (χ0) is 15.4. The van der Waals surface area contributed by atoms with E-state index < -0.39 is 11.9 Å². The van der Waals surface area contributed by atoms with E-state index in [4.69, 9.17) is 16.2 Å². The van der Waals surface area contributed by atoms with Gasteiger partial charge in [0.15, 0.2) is 0 Å². The summed E-state index contributed by atoms with van der Waals surface area (Å²) in [4.78, 5) is 26.6. The molecule has 0 saturated carbocycles. The molecule has 0 spiro atoms. The number of carbonyl (C=O) groups excluding carboxylic acids is 2. The number of hydrogen-bond donors (Lipinski definition) is 2. The molecule has 0 radical (unpaired) electrons. The minimum Gasteiger partial charge on any atom is -0.465 e. The second kappa shape index (κ2) is 5.91. The largest absolute Gasteiger partial charge is 0.465 e. The molecule has 0 unspecified atom stereocenters. The van der Waals surface area contributed by atoms with Crippen LogP contribution in [0, 0.1) is 0 Å². The average molecular weight is 287 g/mol. The van der Waals surface area contributed by atoms with Crippen LogP contribution in [0.5, 0.6) is 11.6 Å². The molecule has 7 nitrogen and oxygen atoms in total. The molecular weight excluding hydrogens is 274 g/mol. The molecule has 2 aromatic rings. The molecule has 0 aliphatic carbocycles. The maximum Gasteiger partial charge on any atom is 0.343 e. The van der Waals surface area contributed by atoms with Gasteiger partial charge in [0.2, 0.25) is 11.8 Å². The molecule has 1 amide bonds. The minimum atomic E-state index is -0.612. The van der Waals surface area contributed by atoms with Gasteiger partial charge in [0.1, 0.15) is 11.3 Å². The molecule has 7 heteroatoms. The first kappa shape index (κ1) is 14.3. The van der Waals surface area contributed by atoms with Gasteiger partial charge in [-0.05, 0) is 30.3 Å². The third-order valence-electron chi connectivity index (χ3n) is 2.63. The Bertz CT molecular complexity index is 683. The van der Waals surface area contributed by atoms with E-state index in [9.17, 15) is 9.59 Å². The zero-order valence-corrected chi connectivity index (χ0v) is 11.2. The van der Waals surface area contributed by atoms with E-state index in [1.165, 1.54) is 31.5 Å². The van der Waals surface area contributed by atoms with Crippen molar-refractivity contribution in [1.82, 2.24) is 4.98 Å². The number of rotatable bonds is 4. The molecule has 108 valence electrons. The van der Waals surface area contributed by atoms with E-state index in [1.807, 2.05) is 0 Å². The Morgan fingerprint density at radius 1 is 1.19 bits per heavy atom. The third-order valence-corrected chi connectivity index (χ3v) is 2.63. The number of hydrogen-bond acceptors (Lipinski definition) is 6. The van der Waals surface area contributed by atoms with Gasteiger partial charge in [-0.3, -0.25) is 4.79 Å². The van der Waals surface area contributed by atoms with Crippen molar-refractivity contribution >= 4 is 17.6 Å². The molecular formula is C14H13N3O4. The topological polar surface area (TPSA) is 118 Å². The van der Waals surface area contributed by atoms with Crippen molar-refractivity contribution in [1.29, 1.82) is 0 Å². The van der Waals surface area contributed by atoms with E-state index >= 15 is 0 Å². The number of esters is 1. The maximum atomic E-state index is 11.7. The molecule has 0 saturated heterocycles. The van der Waals surface area contributed by atoms with Crippen molar-refractivity contribution in [2.75, 3.05) is 12.8 Å². The van der Waals surface area contributed by atoms with E-state index in [0.29, 0.717) is 17.0 Å². The van der Waals surface area contributed by atoms with Crippen molar-refractivity contribution in [2.45, 2.75) is 0 Å². The summed E-state index contributed by atoms with van der Waals surface area (Å²) < 4.78 is 10.1. The fourth-order valence-electron chi connectivity index (χ4n) is 1.60. The van der Waals surface area contributed by atoms with E-state index in [0.717, 1.165) is 0 Å². The van der Waals surface area contributed by atoms with Crippen LogP contribution < -0.4 is 16.2 Å². The van der Waals surface area contributed by atoms with Crippen LogP contribution in [0.2, 0.25) is 0 Å². The first-order valence-electron chi connectivity index (χ1n) is 5.93. The number of anilines is 1. The number of nitrogens with two attached hydrogens (primary N) is 2. The molecule has 0 aliphatic rings.